The van der Waals surface area contributed by atoms with Crippen LogP contribution in [0.5, 0.6) is 0 Å². The van der Waals surface area contributed by atoms with Crippen LogP contribution in [0.25, 0.3) is 0 Å². The van der Waals surface area contributed by atoms with E-state index < -0.39 is 16.0 Å². The molecule has 0 unspecified atom stereocenters. The van der Waals surface area contributed by atoms with E-state index in [4.69, 9.17) is 0 Å². The van der Waals surface area contributed by atoms with Crippen LogP contribution in [0.4, 0.5) is 5.69 Å². The maximum atomic E-state index is 12.9. The molecule has 0 aromatic heterocycles. The molecule has 1 aromatic carbocycles. The Balaban J connectivity index is 2.33. The van der Waals surface area contributed by atoms with Crippen LogP contribution in [0.3, 0.4) is 0 Å². The van der Waals surface area contributed by atoms with Gasteiger partial charge in [-0.25, -0.2) is 17.9 Å². The Labute approximate surface area is 150 Å². The smallest absolute Gasteiger partial charge is 0.335 e. The minimum Gasteiger partial charge on any atom is -0.478 e. The van der Waals surface area contributed by atoms with Gasteiger partial charge in [-0.15, -0.1) is 0 Å². The minimum absolute atomic E-state index is 0.0147. The molecular formula is C18H28N2O4S. The predicted molar refractivity (Wildman–Crippen MR) is 98.6 cm³/mol. The number of carboxylic acid groups (broad SMARTS) is 1. The Morgan fingerprint density at radius 2 is 1.96 bits per heavy atom. The Hall–Kier alpha value is -1.60. The lowest BCUT2D eigenvalue weighted by molar-refractivity contribution is 0.0696. The number of rotatable bonds is 8. The molecule has 0 heterocycles. The molecule has 1 saturated carbocycles. The summed E-state index contributed by atoms with van der Waals surface area (Å²) < 4.78 is 28.5. The van der Waals surface area contributed by atoms with E-state index in [1.54, 1.807) is 6.07 Å². The first-order valence-corrected chi connectivity index (χ1v) is 10.5. The number of sulfonamides is 1. The number of hydrogen-bond acceptors (Lipinski definition) is 4. The maximum Gasteiger partial charge on any atom is 0.335 e. The highest BCUT2D eigenvalue weighted by Gasteiger charge is 2.25. The van der Waals surface area contributed by atoms with Gasteiger partial charge in [0.15, 0.2) is 0 Å². The first kappa shape index (κ1) is 19.7. The van der Waals surface area contributed by atoms with Gasteiger partial charge in [0.25, 0.3) is 0 Å². The standard InChI is InChI=1S/C18H28N2O4S/c1-3-7-13(2)19-16-11-10-14(18(21)22)12-17(16)25(23,24)20-15-8-5-4-6-9-15/h10-13,15,19-20H,3-9H2,1-2H3,(H,21,22)/t13-/m0/s1. The highest BCUT2D eigenvalue weighted by molar-refractivity contribution is 7.89. The number of aromatic carboxylic acids is 1. The van der Waals surface area contributed by atoms with E-state index in [1.807, 2.05) is 6.92 Å². The zero-order valence-electron chi connectivity index (χ0n) is 14.9. The zero-order chi connectivity index (χ0) is 18.4. The van der Waals surface area contributed by atoms with Crippen molar-refractivity contribution in [2.75, 3.05) is 5.32 Å². The van der Waals surface area contributed by atoms with Crippen molar-refractivity contribution in [2.24, 2.45) is 0 Å². The number of carbonyl (C=O) groups is 1. The third kappa shape index (κ3) is 5.44. The molecule has 0 saturated heterocycles. The zero-order valence-corrected chi connectivity index (χ0v) is 15.7. The number of nitrogens with one attached hydrogen (secondary N) is 2. The van der Waals surface area contributed by atoms with Crippen molar-refractivity contribution < 1.29 is 18.3 Å². The third-order valence-corrected chi connectivity index (χ3v) is 6.13. The molecule has 1 atom stereocenters. The topological polar surface area (TPSA) is 95.5 Å². The lowest BCUT2D eigenvalue weighted by Crippen LogP contribution is -2.36. The van der Waals surface area contributed by atoms with E-state index in [2.05, 4.69) is 17.0 Å². The summed E-state index contributed by atoms with van der Waals surface area (Å²) in [6, 6.07) is 4.25. The van der Waals surface area contributed by atoms with Gasteiger partial charge in [-0.2, -0.15) is 0 Å². The highest BCUT2D eigenvalue weighted by Crippen LogP contribution is 2.26. The molecule has 0 spiro atoms. The minimum atomic E-state index is -3.78. The van der Waals surface area contributed by atoms with Crippen LogP contribution in [0.2, 0.25) is 0 Å². The lowest BCUT2D eigenvalue weighted by atomic mass is 9.96. The van der Waals surface area contributed by atoms with Gasteiger partial charge in [0.1, 0.15) is 4.90 Å². The molecule has 140 valence electrons. The molecular weight excluding hydrogens is 340 g/mol. The monoisotopic (exact) mass is 368 g/mol. The van der Waals surface area contributed by atoms with Crippen molar-refractivity contribution in [1.29, 1.82) is 0 Å². The fourth-order valence-electron chi connectivity index (χ4n) is 3.27. The molecule has 7 heteroatoms. The van der Waals surface area contributed by atoms with Crippen LogP contribution in [-0.2, 0) is 10.0 Å². The van der Waals surface area contributed by atoms with Gasteiger partial charge >= 0.3 is 5.97 Å². The summed E-state index contributed by atoms with van der Waals surface area (Å²) in [6.45, 7) is 4.05. The van der Waals surface area contributed by atoms with E-state index in [1.165, 1.54) is 12.1 Å². The van der Waals surface area contributed by atoms with Crippen molar-refractivity contribution in [3.05, 3.63) is 23.8 Å². The molecule has 25 heavy (non-hydrogen) atoms. The van der Waals surface area contributed by atoms with Crippen molar-refractivity contribution in [1.82, 2.24) is 4.72 Å². The summed E-state index contributed by atoms with van der Waals surface area (Å²) in [5.41, 5.74) is 0.423. The van der Waals surface area contributed by atoms with E-state index in [0.29, 0.717) is 5.69 Å². The van der Waals surface area contributed by atoms with Crippen molar-refractivity contribution >= 4 is 21.7 Å². The molecule has 3 N–H and O–H groups in total. The van der Waals surface area contributed by atoms with Crippen molar-refractivity contribution in [3.63, 3.8) is 0 Å². The van der Waals surface area contributed by atoms with E-state index in [9.17, 15) is 18.3 Å². The largest absolute Gasteiger partial charge is 0.478 e. The van der Waals surface area contributed by atoms with E-state index >= 15 is 0 Å². The SMILES string of the molecule is CCC[C@H](C)Nc1ccc(C(=O)O)cc1S(=O)(=O)NC1CCCCC1. The second-order valence-corrected chi connectivity index (χ2v) is 8.49. The van der Waals surface area contributed by atoms with Crippen molar-refractivity contribution in [2.45, 2.75) is 75.8 Å². The second-order valence-electron chi connectivity index (χ2n) is 6.81. The average molecular weight is 368 g/mol. The Bertz CT molecular complexity index is 697. The van der Waals surface area contributed by atoms with Crippen LogP contribution in [-0.4, -0.2) is 31.6 Å². The lowest BCUT2D eigenvalue weighted by Gasteiger charge is -2.24. The van der Waals surface area contributed by atoms with Gasteiger partial charge in [-0.3, -0.25) is 0 Å². The molecule has 1 aromatic rings. The molecule has 1 aliphatic rings. The molecule has 6 nitrogen and oxygen atoms in total. The van der Waals surface area contributed by atoms with Gasteiger partial charge in [-0.05, 0) is 44.4 Å². The Morgan fingerprint density at radius 1 is 1.28 bits per heavy atom. The first-order valence-electron chi connectivity index (χ1n) is 8.99. The van der Waals surface area contributed by atoms with Gasteiger partial charge in [0.05, 0.1) is 11.3 Å². The normalized spacial score (nSPS) is 17.2. The number of anilines is 1. The van der Waals surface area contributed by atoms with Crippen LogP contribution < -0.4 is 10.0 Å². The van der Waals surface area contributed by atoms with Crippen LogP contribution in [0.1, 0.15) is 69.2 Å². The van der Waals surface area contributed by atoms with Gasteiger partial charge in [0.2, 0.25) is 10.0 Å². The summed E-state index contributed by atoms with van der Waals surface area (Å²) in [7, 11) is -3.78. The molecule has 1 fully saturated rings. The maximum absolute atomic E-state index is 12.9. The fourth-order valence-corrected chi connectivity index (χ4v) is 4.77. The van der Waals surface area contributed by atoms with E-state index in [-0.39, 0.29) is 22.5 Å². The predicted octanol–water partition coefficient (Wildman–Crippen LogP) is 3.60. The van der Waals surface area contributed by atoms with Crippen LogP contribution >= 0.6 is 0 Å². The summed E-state index contributed by atoms with van der Waals surface area (Å²) >= 11 is 0. The average Bonchev–Trinajstić information content (AvgIpc) is 2.55. The number of benzene rings is 1. The quantitative estimate of drug-likeness (QED) is 0.652. The first-order chi connectivity index (χ1) is 11.8. The summed E-state index contributed by atoms with van der Waals surface area (Å²) in [6.07, 6.45) is 6.69. The van der Waals surface area contributed by atoms with Crippen LogP contribution in [0.15, 0.2) is 23.1 Å². The number of hydrogen-bond donors (Lipinski definition) is 3. The second kappa shape index (κ2) is 8.67. The van der Waals surface area contributed by atoms with E-state index in [0.717, 1.165) is 44.9 Å². The molecule has 0 amide bonds. The Kier molecular flexibility index (Phi) is 6.84. The summed E-state index contributed by atoms with van der Waals surface area (Å²) in [4.78, 5) is 11.3. The molecule has 0 radical (unpaired) electrons. The molecule has 0 aliphatic heterocycles. The Morgan fingerprint density at radius 3 is 2.56 bits per heavy atom. The third-order valence-electron chi connectivity index (χ3n) is 4.57. The van der Waals surface area contributed by atoms with Crippen LogP contribution in [0, 0.1) is 0 Å². The summed E-state index contributed by atoms with van der Waals surface area (Å²) in [5.74, 6) is -1.14. The summed E-state index contributed by atoms with van der Waals surface area (Å²) in [5, 5.41) is 12.4. The van der Waals surface area contributed by atoms with Gasteiger partial charge in [0, 0.05) is 12.1 Å². The molecule has 1 aliphatic carbocycles. The van der Waals surface area contributed by atoms with Gasteiger partial charge < -0.3 is 10.4 Å². The molecule has 2 rings (SSSR count). The fraction of sp³-hybridized carbons (Fsp3) is 0.611. The molecule has 0 bridgehead atoms. The number of carboxylic acids is 1. The van der Waals surface area contributed by atoms with Crippen molar-refractivity contribution in [3.8, 4) is 0 Å². The van der Waals surface area contributed by atoms with Gasteiger partial charge in [-0.1, -0.05) is 32.6 Å². The highest BCUT2D eigenvalue weighted by atomic mass is 32.2.